The highest BCUT2D eigenvalue weighted by Gasteiger charge is 2.42. The molecule has 11 nitrogen and oxygen atoms in total. The first-order valence-electron chi connectivity index (χ1n) is 13.1. The number of likely N-dealkylation sites (N-methyl/N-ethyl adjacent to an activating group) is 1. The van der Waals surface area contributed by atoms with Gasteiger partial charge in [-0.25, -0.2) is 18.7 Å². The molecule has 39 heavy (non-hydrogen) atoms. The standard InChI is InChI=1S/C27H36N4O7S/c1-3-31(39(35,36)24-10-6-21(7-11-24)20-4-8-23(37-2)9-5-20)25(26(32)28-34)22-12-14-29(15-13-22)27(33)30-16-18-38-19-17-30/h4-11,22,25,34H,3,12-19H2,1-2H3,(H,28,32). The predicted octanol–water partition coefficient (Wildman–Crippen LogP) is 2.41. The number of benzene rings is 2. The SMILES string of the molecule is CCN(C(C(=O)NO)C1CCN(C(=O)N2CCOCC2)CC1)S(=O)(=O)c1ccc(-c2ccc(OC)cc2)cc1. The van der Waals surface area contributed by atoms with Crippen LogP contribution in [0.4, 0.5) is 4.79 Å². The van der Waals surface area contributed by atoms with E-state index in [4.69, 9.17) is 9.47 Å². The quantitative estimate of drug-likeness (QED) is 0.375. The van der Waals surface area contributed by atoms with E-state index in [9.17, 15) is 23.2 Å². The average molecular weight is 561 g/mol. The second-order valence-corrected chi connectivity index (χ2v) is 11.5. The molecule has 3 amide bonds. The second kappa shape index (κ2) is 12.8. The molecule has 0 bridgehead atoms. The van der Waals surface area contributed by atoms with E-state index in [0.717, 1.165) is 21.2 Å². The Morgan fingerprint density at radius 3 is 2.05 bits per heavy atom. The van der Waals surface area contributed by atoms with Crippen LogP contribution in [0.3, 0.4) is 0 Å². The molecule has 0 spiro atoms. The number of morpholine rings is 1. The van der Waals surface area contributed by atoms with Gasteiger partial charge in [0, 0.05) is 32.7 Å². The number of hydrogen-bond acceptors (Lipinski definition) is 7. The van der Waals surface area contributed by atoms with Gasteiger partial charge in [0.2, 0.25) is 10.0 Å². The Kier molecular flexibility index (Phi) is 9.44. The topological polar surface area (TPSA) is 129 Å². The van der Waals surface area contributed by atoms with E-state index in [1.165, 1.54) is 12.1 Å². The molecule has 2 saturated heterocycles. The number of sulfonamides is 1. The molecule has 0 saturated carbocycles. The van der Waals surface area contributed by atoms with Crippen molar-refractivity contribution in [2.45, 2.75) is 30.7 Å². The van der Waals surface area contributed by atoms with Crippen LogP contribution in [0.25, 0.3) is 11.1 Å². The molecular formula is C27H36N4O7S. The number of likely N-dealkylation sites (tertiary alicyclic amines) is 1. The number of rotatable bonds is 8. The molecule has 2 aromatic carbocycles. The molecule has 212 valence electrons. The van der Waals surface area contributed by atoms with E-state index >= 15 is 0 Å². The monoisotopic (exact) mass is 560 g/mol. The number of hydrogen-bond donors (Lipinski definition) is 2. The van der Waals surface area contributed by atoms with Gasteiger partial charge >= 0.3 is 6.03 Å². The van der Waals surface area contributed by atoms with Gasteiger partial charge in [-0.3, -0.25) is 10.0 Å². The van der Waals surface area contributed by atoms with Gasteiger partial charge in [0.05, 0.1) is 25.2 Å². The lowest BCUT2D eigenvalue weighted by Crippen LogP contribution is -2.56. The van der Waals surface area contributed by atoms with Crippen molar-refractivity contribution in [1.82, 2.24) is 19.6 Å². The van der Waals surface area contributed by atoms with Crippen LogP contribution >= 0.6 is 0 Å². The fourth-order valence-electron chi connectivity index (χ4n) is 5.26. The number of urea groups is 1. The van der Waals surface area contributed by atoms with Crippen molar-refractivity contribution in [2.75, 3.05) is 53.0 Å². The summed E-state index contributed by atoms with van der Waals surface area (Å²) >= 11 is 0. The number of methoxy groups -OCH3 is 1. The first-order chi connectivity index (χ1) is 18.8. The van der Waals surface area contributed by atoms with Crippen LogP contribution in [0, 0.1) is 5.92 Å². The molecule has 2 aromatic rings. The Bertz CT molecular complexity index is 1220. The Balaban J connectivity index is 1.50. The molecule has 0 radical (unpaired) electrons. The summed E-state index contributed by atoms with van der Waals surface area (Å²) in [7, 11) is -2.48. The Morgan fingerprint density at radius 1 is 1.00 bits per heavy atom. The van der Waals surface area contributed by atoms with E-state index in [2.05, 4.69) is 0 Å². The fraction of sp³-hybridized carbons (Fsp3) is 0.481. The van der Waals surface area contributed by atoms with Crippen LogP contribution in [0.1, 0.15) is 19.8 Å². The van der Waals surface area contributed by atoms with Gasteiger partial charge in [-0.2, -0.15) is 4.31 Å². The zero-order valence-corrected chi connectivity index (χ0v) is 23.1. The van der Waals surface area contributed by atoms with Crippen molar-refractivity contribution in [3.05, 3.63) is 48.5 Å². The van der Waals surface area contributed by atoms with Crippen molar-refractivity contribution in [1.29, 1.82) is 0 Å². The van der Waals surface area contributed by atoms with Crippen molar-refractivity contribution >= 4 is 22.0 Å². The number of carbonyl (C=O) groups excluding carboxylic acids is 2. The number of nitrogens with one attached hydrogen (secondary N) is 1. The van der Waals surface area contributed by atoms with Gasteiger partial charge in [0.1, 0.15) is 11.8 Å². The average Bonchev–Trinajstić information content (AvgIpc) is 2.99. The van der Waals surface area contributed by atoms with Crippen LogP contribution < -0.4 is 10.2 Å². The van der Waals surface area contributed by atoms with Crippen LogP contribution in [0.5, 0.6) is 5.75 Å². The minimum atomic E-state index is -4.07. The molecule has 2 aliphatic rings. The zero-order valence-electron chi connectivity index (χ0n) is 22.3. The summed E-state index contributed by atoms with van der Waals surface area (Å²) in [6.07, 6.45) is 0.854. The minimum Gasteiger partial charge on any atom is -0.497 e. The number of piperidine rings is 1. The van der Waals surface area contributed by atoms with E-state index < -0.39 is 22.0 Å². The smallest absolute Gasteiger partial charge is 0.320 e. The minimum absolute atomic E-state index is 0.0353. The molecule has 12 heteroatoms. The maximum absolute atomic E-state index is 13.7. The number of carbonyl (C=O) groups is 2. The van der Waals surface area contributed by atoms with Gasteiger partial charge in [-0.1, -0.05) is 31.2 Å². The van der Waals surface area contributed by atoms with Gasteiger partial charge in [-0.15, -0.1) is 0 Å². The third-order valence-corrected chi connectivity index (χ3v) is 9.39. The Morgan fingerprint density at radius 2 is 1.54 bits per heavy atom. The molecule has 1 unspecified atom stereocenters. The van der Waals surface area contributed by atoms with E-state index in [-0.39, 0.29) is 23.4 Å². The largest absolute Gasteiger partial charge is 0.497 e. The summed E-state index contributed by atoms with van der Waals surface area (Å²) in [5, 5.41) is 9.51. The van der Waals surface area contributed by atoms with Crippen molar-refractivity contribution in [2.24, 2.45) is 5.92 Å². The number of nitrogens with zero attached hydrogens (tertiary/aromatic N) is 3. The molecule has 1 atom stereocenters. The predicted molar refractivity (Wildman–Crippen MR) is 144 cm³/mol. The number of amides is 3. The Hall–Kier alpha value is -3.19. The summed E-state index contributed by atoms with van der Waals surface area (Å²) in [5.41, 5.74) is 3.41. The summed E-state index contributed by atoms with van der Waals surface area (Å²) < 4.78 is 39.1. The van der Waals surface area contributed by atoms with Crippen molar-refractivity contribution < 1.29 is 32.7 Å². The highest BCUT2D eigenvalue weighted by atomic mass is 32.2. The van der Waals surface area contributed by atoms with Gasteiger partial charge in [0.25, 0.3) is 5.91 Å². The van der Waals surface area contributed by atoms with E-state index in [0.29, 0.717) is 52.2 Å². The summed E-state index contributed by atoms with van der Waals surface area (Å²) in [5.74, 6) is -0.437. The third kappa shape index (κ3) is 6.35. The van der Waals surface area contributed by atoms with Crippen LogP contribution in [0.15, 0.2) is 53.4 Å². The van der Waals surface area contributed by atoms with Gasteiger partial charge < -0.3 is 19.3 Å². The van der Waals surface area contributed by atoms with E-state index in [1.54, 1.807) is 41.4 Å². The lowest BCUT2D eigenvalue weighted by atomic mass is 9.89. The highest BCUT2D eigenvalue weighted by molar-refractivity contribution is 7.89. The fourth-order valence-corrected chi connectivity index (χ4v) is 6.92. The third-order valence-electron chi connectivity index (χ3n) is 7.42. The van der Waals surface area contributed by atoms with Crippen LogP contribution in [-0.2, 0) is 19.6 Å². The second-order valence-electron chi connectivity index (χ2n) is 9.59. The zero-order chi connectivity index (χ0) is 28.0. The van der Waals surface area contributed by atoms with Crippen LogP contribution in [-0.4, -0.2) is 98.8 Å². The normalized spacial score (nSPS) is 17.6. The number of ether oxygens (including phenoxy) is 2. The summed E-state index contributed by atoms with van der Waals surface area (Å²) in [6.45, 7) is 4.57. The summed E-state index contributed by atoms with van der Waals surface area (Å²) in [6, 6.07) is 12.7. The van der Waals surface area contributed by atoms with Crippen molar-refractivity contribution in [3.63, 3.8) is 0 Å². The Labute approximate surface area is 229 Å². The molecule has 2 aliphatic heterocycles. The molecule has 0 aromatic heterocycles. The molecule has 2 fully saturated rings. The van der Waals surface area contributed by atoms with Gasteiger partial charge in [-0.05, 0) is 54.2 Å². The molecule has 2 N–H and O–H groups in total. The molecule has 0 aliphatic carbocycles. The number of hydroxylamine groups is 1. The maximum atomic E-state index is 13.7. The van der Waals surface area contributed by atoms with E-state index in [1.807, 2.05) is 24.3 Å². The lowest BCUT2D eigenvalue weighted by molar-refractivity contribution is -0.135. The maximum Gasteiger partial charge on any atom is 0.320 e. The van der Waals surface area contributed by atoms with Gasteiger partial charge in [0.15, 0.2) is 0 Å². The molecule has 4 rings (SSSR count). The first-order valence-corrected chi connectivity index (χ1v) is 14.6. The first kappa shape index (κ1) is 28.8. The van der Waals surface area contributed by atoms with Crippen molar-refractivity contribution in [3.8, 4) is 16.9 Å². The summed E-state index contributed by atoms with van der Waals surface area (Å²) in [4.78, 5) is 29.3. The lowest BCUT2D eigenvalue weighted by Gasteiger charge is -2.40. The molecule has 2 heterocycles. The molecular weight excluding hydrogens is 524 g/mol. The van der Waals surface area contributed by atoms with Crippen LogP contribution in [0.2, 0.25) is 0 Å². The highest BCUT2D eigenvalue weighted by Crippen LogP contribution is 2.30.